The molecule has 2 aromatic rings. The fourth-order valence-corrected chi connectivity index (χ4v) is 3.13. The molecule has 1 N–H and O–H groups in total. The van der Waals surface area contributed by atoms with Gasteiger partial charge in [-0.3, -0.25) is 9.69 Å². The number of aliphatic carboxylic acids is 1. The third kappa shape index (κ3) is 3.37. The van der Waals surface area contributed by atoms with Crippen LogP contribution >= 0.6 is 0 Å². The highest BCUT2D eigenvalue weighted by Crippen LogP contribution is 2.22. The third-order valence-electron chi connectivity index (χ3n) is 4.35. The highest BCUT2D eigenvalue weighted by atomic mass is 16.4. The molecular weight excluding hydrogens is 274 g/mol. The Morgan fingerprint density at radius 3 is 2.36 bits per heavy atom. The molecule has 0 bridgehead atoms. The summed E-state index contributed by atoms with van der Waals surface area (Å²) in [5, 5.41) is 9.34. The lowest BCUT2D eigenvalue weighted by atomic mass is 10.00. The molecule has 3 heteroatoms. The van der Waals surface area contributed by atoms with Crippen LogP contribution in [-0.4, -0.2) is 28.6 Å². The molecule has 0 aliphatic carbocycles. The van der Waals surface area contributed by atoms with Crippen molar-refractivity contribution in [3.05, 3.63) is 60.2 Å². The van der Waals surface area contributed by atoms with Crippen LogP contribution in [0.2, 0.25) is 0 Å². The van der Waals surface area contributed by atoms with Gasteiger partial charge in [0.2, 0.25) is 0 Å². The molecule has 2 aromatic carbocycles. The van der Waals surface area contributed by atoms with Crippen LogP contribution in [0.15, 0.2) is 54.6 Å². The zero-order valence-electron chi connectivity index (χ0n) is 12.6. The zero-order chi connectivity index (χ0) is 15.4. The molecule has 0 aromatic heterocycles. The highest BCUT2D eigenvalue weighted by molar-refractivity contribution is 5.73. The molecule has 1 heterocycles. The molecular formula is C19H21NO2. The number of benzene rings is 2. The standard InChI is InChI=1S/C19H21NO2/c21-19(22)18-8-4-5-13-20(18)14-15-9-11-17(12-10-15)16-6-2-1-3-7-16/h1-3,6-7,9-12,18H,4-5,8,13-14H2,(H,21,22). The summed E-state index contributed by atoms with van der Waals surface area (Å²) < 4.78 is 0. The van der Waals surface area contributed by atoms with Crippen molar-refractivity contribution in [3.63, 3.8) is 0 Å². The fourth-order valence-electron chi connectivity index (χ4n) is 3.13. The minimum atomic E-state index is -0.694. The monoisotopic (exact) mass is 295 g/mol. The van der Waals surface area contributed by atoms with Crippen molar-refractivity contribution in [2.24, 2.45) is 0 Å². The Morgan fingerprint density at radius 1 is 1.00 bits per heavy atom. The second-order valence-corrected chi connectivity index (χ2v) is 5.88. The summed E-state index contributed by atoms with van der Waals surface area (Å²) in [6.07, 6.45) is 2.86. The lowest BCUT2D eigenvalue weighted by Gasteiger charge is -2.32. The summed E-state index contributed by atoms with van der Waals surface area (Å²) in [7, 11) is 0. The van der Waals surface area contributed by atoms with Crippen molar-refractivity contribution in [3.8, 4) is 11.1 Å². The van der Waals surface area contributed by atoms with Crippen LogP contribution in [0.1, 0.15) is 24.8 Å². The molecule has 1 saturated heterocycles. The van der Waals surface area contributed by atoms with Gasteiger partial charge in [-0.1, -0.05) is 61.0 Å². The highest BCUT2D eigenvalue weighted by Gasteiger charge is 2.28. The molecule has 1 unspecified atom stereocenters. The summed E-state index contributed by atoms with van der Waals surface area (Å²) in [6, 6.07) is 18.4. The van der Waals surface area contributed by atoms with Crippen molar-refractivity contribution in [2.75, 3.05) is 6.54 Å². The van der Waals surface area contributed by atoms with E-state index in [1.54, 1.807) is 0 Å². The van der Waals surface area contributed by atoms with Crippen molar-refractivity contribution in [1.29, 1.82) is 0 Å². The first-order valence-electron chi connectivity index (χ1n) is 7.85. The van der Waals surface area contributed by atoms with E-state index >= 15 is 0 Å². The maximum atomic E-state index is 11.4. The molecule has 0 radical (unpaired) electrons. The van der Waals surface area contributed by atoms with Crippen LogP contribution in [0.5, 0.6) is 0 Å². The van der Waals surface area contributed by atoms with Gasteiger partial charge in [0.1, 0.15) is 6.04 Å². The maximum Gasteiger partial charge on any atom is 0.320 e. The quantitative estimate of drug-likeness (QED) is 0.933. The van der Waals surface area contributed by atoms with Crippen molar-refractivity contribution in [2.45, 2.75) is 31.8 Å². The normalized spacial score (nSPS) is 19.0. The van der Waals surface area contributed by atoms with Gasteiger partial charge >= 0.3 is 5.97 Å². The molecule has 3 rings (SSSR count). The third-order valence-corrected chi connectivity index (χ3v) is 4.35. The largest absolute Gasteiger partial charge is 0.480 e. The second kappa shape index (κ2) is 6.75. The number of hydrogen-bond acceptors (Lipinski definition) is 2. The average Bonchev–Trinajstić information content (AvgIpc) is 2.57. The Hall–Kier alpha value is -2.13. The molecule has 0 spiro atoms. The molecule has 1 atom stereocenters. The van der Waals surface area contributed by atoms with Gasteiger partial charge in [-0.15, -0.1) is 0 Å². The Balaban J connectivity index is 1.72. The molecule has 0 saturated carbocycles. The summed E-state index contributed by atoms with van der Waals surface area (Å²) in [5.74, 6) is -0.694. The van der Waals surface area contributed by atoms with Gasteiger partial charge in [0.25, 0.3) is 0 Å². The van der Waals surface area contributed by atoms with Gasteiger partial charge in [0.15, 0.2) is 0 Å². The van der Waals surface area contributed by atoms with E-state index in [1.807, 2.05) is 18.2 Å². The molecule has 1 aliphatic heterocycles. The predicted molar refractivity (Wildman–Crippen MR) is 87.6 cm³/mol. The summed E-state index contributed by atoms with van der Waals surface area (Å²) in [5.41, 5.74) is 3.57. The Kier molecular flexibility index (Phi) is 4.54. The van der Waals surface area contributed by atoms with Gasteiger partial charge in [-0.05, 0) is 36.1 Å². The van der Waals surface area contributed by atoms with Gasteiger partial charge < -0.3 is 5.11 Å². The van der Waals surface area contributed by atoms with E-state index in [-0.39, 0.29) is 6.04 Å². The molecule has 22 heavy (non-hydrogen) atoms. The Bertz CT molecular complexity index is 622. The summed E-state index contributed by atoms with van der Waals surface area (Å²) >= 11 is 0. The smallest absolute Gasteiger partial charge is 0.320 e. The number of carbonyl (C=O) groups is 1. The summed E-state index contributed by atoms with van der Waals surface area (Å²) in [6.45, 7) is 1.59. The zero-order valence-corrected chi connectivity index (χ0v) is 12.6. The summed E-state index contributed by atoms with van der Waals surface area (Å²) in [4.78, 5) is 13.4. The van der Waals surface area contributed by atoms with E-state index in [4.69, 9.17) is 0 Å². The topological polar surface area (TPSA) is 40.5 Å². The van der Waals surface area contributed by atoms with E-state index in [9.17, 15) is 9.90 Å². The van der Waals surface area contributed by atoms with Gasteiger partial charge in [0.05, 0.1) is 0 Å². The van der Waals surface area contributed by atoms with Gasteiger partial charge in [-0.2, -0.15) is 0 Å². The number of carboxylic acid groups (broad SMARTS) is 1. The van der Waals surface area contributed by atoms with Crippen LogP contribution in [0.25, 0.3) is 11.1 Å². The van der Waals surface area contributed by atoms with E-state index < -0.39 is 5.97 Å². The Morgan fingerprint density at radius 2 is 1.68 bits per heavy atom. The van der Waals surface area contributed by atoms with Crippen LogP contribution in [0.3, 0.4) is 0 Å². The number of carboxylic acids is 1. The SMILES string of the molecule is O=C(O)C1CCCCN1Cc1ccc(-c2ccccc2)cc1. The van der Waals surface area contributed by atoms with Crippen LogP contribution in [-0.2, 0) is 11.3 Å². The maximum absolute atomic E-state index is 11.4. The van der Waals surface area contributed by atoms with Crippen LogP contribution < -0.4 is 0 Å². The van der Waals surface area contributed by atoms with Gasteiger partial charge in [0, 0.05) is 6.54 Å². The number of nitrogens with zero attached hydrogens (tertiary/aromatic N) is 1. The van der Waals surface area contributed by atoms with E-state index in [0.717, 1.165) is 25.8 Å². The van der Waals surface area contributed by atoms with Crippen molar-refractivity contribution >= 4 is 5.97 Å². The molecule has 114 valence electrons. The Labute approximate surface area is 131 Å². The number of piperidine rings is 1. The van der Waals surface area contributed by atoms with E-state index in [0.29, 0.717) is 6.54 Å². The lowest BCUT2D eigenvalue weighted by Crippen LogP contribution is -2.43. The number of hydrogen-bond donors (Lipinski definition) is 1. The first kappa shape index (κ1) is 14.8. The second-order valence-electron chi connectivity index (χ2n) is 5.88. The average molecular weight is 295 g/mol. The lowest BCUT2D eigenvalue weighted by molar-refractivity contribution is -0.144. The first-order chi connectivity index (χ1) is 10.7. The molecule has 0 amide bonds. The van der Waals surface area contributed by atoms with Crippen LogP contribution in [0, 0.1) is 0 Å². The van der Waals surface area contributed by atoms with Gasteiger partial charge in [-0.25, -0.2) is 0 Å². The van der Waals surface area contributed by atoms with Crippen LogP contribution in [0.4, 0.5) is 0 Å². The first-order valence-corrected chi connectivity index (χ1v) is 7.85. The van der Waals surface area contributed by atoms with E-state index in [1.165, 1.54) is 16.7 Å². The minimum absolute atomic E-state index is 0.331. The molecule has 1 aliphatic rings. The van der Waals surface area contributed by atoms with Crippen molar-refractivity contribution < 1.29 is 9.90 Å². The fraction of sp³-hybridized carbons (Fsp3) is 0.316. The van der Waals surface area contributed by atoms with E-state index in [2.05, 4.69) is 41.3 Å². The molecule has 3 nitrogen and oxygen atoms in total. The number of likely N-dealkylation sites (tertiary alicyclic amines) is 1. The predicted octanol–water partition coefficient (Wildman–Crippen LogP) is 3.79. The molecule has 1 fully saturated rings. The number of rotatable bonds is 4. The van der Waals surface area contributed by atoms with Crippen molar-refractivity contribution in [1.82, 2.24) is 4.90 Å². The minimum Gasteiger partial charge on any atom is -0.480 e.